The number of aromatic nitrogens is 2. The summed E-state index contributed by atoms with van der Waals surface area (Å²) in [6, 6.07) is 0.301. The molecule has 15 heavy (non-hydrogen) atoms. The minimum atomic E-state index is 0.301. The van der Waals surface area contributed by atoms with Crippen molar-refractivity contribution in [1.29, 1.82) is 0 Å². The van der Waals surface area contributed by atoms with Crippen LogP contribution in [0.5, 0.6) is 0 Å². The van der Waals surface area contributed by atoms with Gasteiger partial charge < -0.3 is 9.73 Å². The van der Waals surface area contributed by atoms with Crippen molar-refractivity contribution in [3.05, 3.63) is 34.9 Å². The van der Waals surface area contributed by atoms with E-state index in [4.69, 9.17) is 4.42 Å². The fourth-order valence-electron chi connectivity index (χ4n) is 1.37. The van der Waals surface area contributed by atoms with Gasteiger partial charge in [-0.05, 0) is 6.42 Å². The van der Waals surface area contributed by atoms with Gasteiger partial charge in [-0.15, -0.1) is 11.3 Å². The van der Waals surface area contributed by atoms with Gasteiger partial charge in [0, 0.05) is 11.6 Å². The van der Waals surface area contributed by atoms with Crippen LogP contribution in [0.25, 0.3) is 0 Å². The Morgan fingerprint density at radius 2 is 2.53 bits per heavy atom. The number of rotatable bonds is 5. The van der Waals surface area contributed by atoms with Crippen molar-refractivity contribution in [2.45, 2.75) is 25.9 Å². The smallest absolute Gasteiger partial charge is 0.180 e. The van der Waals surface area contributed by atoms with Gasteiger partial charge in [0.05, 0.1) is 18.8 Å². The van der Waals surface area contributed by atoms with Gasteiger partial charge in [-0.1, -0.05) is 6.92 Å². The summed E-state index contributed by atoms with van der Waals surface area (Å²) >= 11 is 1.67. The quantitative estimate of drug-likeness (QED) is 0.845. The van der Waals surface area contributed by atoms with Crippen LogP contribution in [-0.2, 0) is 6.54 Å². The maximum atomic E-state index is 5.16. The highest BCUT2D eigenvalue weighted by atomic mass is 32.1. The summed E-state index contributed by atoms with van der Waals surface area (Å²) in [7, 11) is 0. The number of hydrogen-bond acceptors (Lipinski definition) is 5. The minimum absolute atomic E-state index is 0.301. The summed E-state index contributed by atoms with van der Waals surface area (Å²) in [5.74, 6) is 0.852. The summed E-state index contributed by atoms with van der Waals surface area (Å²) in [5.41, 5.74) is 0. The molecule has 80 valence electrons. The molecule has 0 radical (unpaired) electrons. The highest BCUT2D eigenvalue weighted by Gasteiger charge is 2.11. The third kappa shape index (κ3) is 2.64. The second-order valence-corrected chi connectivity index (χ2v) is 4.11. The third-order valence-corrected chi connectivity index (χ3v) is 3.05. The average molecular weight is 223 g/mol. The van der Waals surface area contributed by atoms with Crippen LogP contribution in [0.4, 0.5) is 0 Å². The van der Waals surface area contributed by atoms with E-state index in [0.717, 1.165) is 17.2 Å². The lowest BCUT2D eigenvalue weighted by atomic mass is 10.2. The molecule has 0 aromatic carbocycles. The van der Waals surface area contributed by atoms with E-state index in [-0.39, 0.29) is 0 Å². The molecule has 0 spiro atoms. The molecule has 0 bridgehead atoms. The maximum Gasteiger partial charge on any atom is 0.180 e. The van der Waals surface area contributed by atoms with Gasteiger partial charge >= 0.3 is 0 Å². The Kier molecular flexibility index (Phi) is 3.47. The first kappa shape index (κ1) is 10.3. The third-order valence-electron chi connectivity index (χ3n) is 2.16. The van der Waals surface area contributed by atoms with Gasteiger partial charge in [-0.25, -0.2) is 9.97 Å². The Balaban J connectivity index is 1.92. The number of hydrogen-bond donors (Lipinski definition) is 1. The molecule has 2 rings (SSSR count). The lowest BCUT2D eigenvalue weighted by Gasteiger charge is -2.12. The molecular weight excluding hydrogens is 210 g/mol. The number of oxazole rings is 1. The Morgan fingerprint density at radius 3 is 3.13 bits per heavy atom. The lowest BCUT2D eigenvalue weighted by Crippen LogP contribution is -2.19. The van der Waals surface area contributed by atoms with Gasteiger partial charge in [0.1, 0.15) is 10.8 Å². The predicted molar refractivity (Wildman–Crippen MR) is 58.5 cm³/mol. The van der Waals surface area contributed by atoms with Crippen LogP contribution in [0, 0.1) is 0 Å². The molecule has 0 amide bonds. The Labute approximate surface area is 92.4 Å². The highest BCUT2D eigenvalue weighted by molar-refractivity contribution is 7.09. The molecule has 5 heteroatoms. The first-order valence-electron chi connectivity index (χ1n) is 4.90. The van der Waals surface area contributed by atoms with E-state index < -0.39 is 0 Å². The maximum absolute atomic E-state index is 5.16. The summed E-state index contributed by atoms with van der Waals surface area (Å²) in [4.78, 5) is 8.17. The van der Waals surface area contributed by atoms with Gasteiger partial charge in [0.25, 0.3) is 0 Å². The van der Waals surface area contributed by atoms with Crippen molar-refractivity contribution in [3.63, 3.8) is 0 Å². The monoisotopic (exact) mass is 223 g/mol. The van der Waals surface area contributed by atoms with Gasteiger partial charge in [-0.2, -0.15) is 0 Å². The molecule has 2 heterocycles. The molecule has 0 aliphatic carbocycles. The minimum Gasteiger partial charge on any atom is -0.447 e. The Hall–Kier alpha value is -1.20. The van der Waals surface area contributed by atoms with Crippen LogP contribution >= 0.6 is 11.3 Å². The van der Waals surface area contributed by atoms with Crippen molar-refractivity contribution >= 4 is 11.3 Å². The molecule has 4 nitrogen and oxygen atoms in total. The lowest BCUT2D eigenvalue weighted by molar-refractivity contribution is 0.441. The van der Waals surface area contributed by atoms with Crippen molar-refractivity contribution in [3.8, 4) is 0 Å². The Morgan fingerprint density at radius 1 is 1.60 bits per heavy atom. The first-order chi connectivity index (χ1) is 7.40. The average Bonchev–Trinajstić information content (AvgIpc) is 2.90. The normalized spacial score (nSPS) is 12.9. The van der Waals surface area contributed by atoms with E-state index in [0.29, 0.717) is 12.6 Å². The molecule has 0 saturated carbocycles. The van der Waals surface area contributed by atoms with Crippen LogP contribution in [0.2, 0.25) is 0 Å². The van der Waals surface area contributed by atoms with Crippen LogP contribution < -0.4 is 5.32 Å². The van der Waals surface area contributed by atoms with Gasteiger partial charge in [0.15, 0.2) is 6.39 Å². The Bertz CT molecular complexity index is 371. The highest BCUT2D eigenvalue weighted by Crippen LogP contribution is 2.19. The van der Waals surface area contributed by atoms with E-state index in [1.54, 1.807) is 17.5 Å². The van der Waals surface area contributed by atoms with Crippen molar-refractivity contribution in [2.24, 2.45) is 0 Å². The van der Waals surface area contributed by atoms with Crippen LogP contribution in [0.3, 0.4) is 0 Å². The molecule has 0 aliphatic rings. The molecule has 1 N–H and O–H groups in total. The molecule has 0 aliphatic heterocycles. The molecule has 1 atom stereocenters. The van der Waals surface area contributed by atoms with Crippen molar-refractivity contribution < 1.29 is 4.42 Å². The molecule has 1 unspecified atom stereocenters. The van der Waals surface area contributed by atoms with Crippen LogP contribution in [0.1, 0.15) is 30.2 Å². The van der Waals surface area contributed by atoms with E-state index >= 15 is 0 Å². The fraction of sp³-hybridized carbons (Fsp3) is 0.400. The predicted octanol–water partition coefficient (Wildman–Crippen LogP) is 2.37. The molecule has 2 aromatic heterocycles. The SMILES string of the molecule is CCC(NCc1cnco1)c1nccs1. The number of nitrogens with zero attached hydrogens (tertiary/aromatic N) is 2. The zero-order valence-corrected chi connectivity index (χ0v) is 9.33. The summed E-state index contributed by atoms with van der Waals surface area (Å²) < 4.78 is 5.16. The van der Waals surface area contributed by atoms with E-state index in [1.165, 1.54) is 6.39 Å². The summed E-state index contributed by atoms with van der Waals surface area (Å²) in [5, 5.41) is 6.50. The zero-order valence-electron chi connectivity index (χ0n) is 8.51. The summed E-state index contributed by atoms with van der Waals surface area (Å²) in [6.07, 6.45) is 6.02. The largest absolute Gasteiger partial charge is 0.447 e. The fourth-order valence-corrected chi connectivity index (χ4v) is 2.16. The number of nitrogens with one attached hydrogen (secondary N) is 1. The van der Waals surface area contributed by atoms with Crippen LogP contribution in [-0.4, -0.2) is 9.97 Å². The van der Waals surface area contributed by atoms with Gasteiger partial charge in [0.2, 0.25) is 0 Å². The number of thiazole rings is 1. The van der Waals surface area contributed by atoms with Gasteiger partial charge in [-0.3, -0.25) is 0 Å². The zero-order chi connectivity index (χ0) is 10.5. The van der Waals surface area contributed by atoms with Crippen molar-refractivity contribution in [2.75, 3.05) is 0 Å². The van der Waals surface area contributed by atoms with E-state index in [9.17, 15) is 0 Å². The molecule has 0 fully saturated rings. The molecule has 0 saturated heterocycles. The van der Waals surface area contributed by atoms with Crippen molar-refractivity contribution in [1.82, 2.24) is 15.3 Å². The standard InChI is InChI=1S/C10H13N3OS/c1-2-9(10-12-3-4-15-10)13-6-8-5-11-7-14-8/h3-5,7,9,13H,2,6H2,1H3. The van der Waals surface area contributed by atoms with E-state index in [2.05, 4.69) is 22.2 Å². The first-order valence-corrected chi connectivity index (χ1v) is 5.78. The second kappa shape index (κ2) is 5.04. The molecular formula is C10H13N3OS. The second-order valence-electron chi connectivity index (χ2n) is 3.18. The molecule has 2 aromatic rings. The van der Waals surface area contributed by atoms with E-state index in [1.807, 2.05) is 11.6 Å². The van der Waals surface area contributed by atoms with Crippen LogP contribution in [0.15, 0.2) is 28.6 Å². The summed E-state index contributed by atoms with van der Waals surface area (Å²) in [6.45, 7) is 2.83. The topological polar surface area (TPSA) is 51.0 Å².